The summed E-state index contributed by atoms with van der Waals surface area (Å²) in [5.41, 5.74) is 5.21. The standard InChI is InChI=1S/C17H23F2NO5.ClH/c1-4-24-15(21)8-11(12(9-20)17(22)25-5-2)16-13(18)6-10(23-3)7-14(16)19;/h6-7,11-12H,4-5,8-9,20H2,1-3H3;1H. The molecular weight excluding hydrogens is 372 g/mol. The first-order valence-corrected chi connectivity index (χ1v) is 7.94. The van der Waals surface area contributed by atoms with E-state index in [0.717, 1.165) is 12.1 Å². The van der Waals surface area contributed by atoms with Crippen LogP contribution in [0.25, 0.3) is 0 Å². The number of methoxy groups -OCH3 is 1. The smallest absolute Gasteiger partial charge is 0.310 e. The highest BCUT2D eigenvalue weighted by molar-refractivity contribution is 5.85. The van der Waals surface area contributed by atoms with E-state index >= 15 is 0 Å². The lowest BCUT2D eigenvalue weighted by molar-refractivity contribution is -0.150. The summed E-state index contributed by atoms with van der Waals surface area (Å²) in [5, 5.41) is 0. The zero-order chi connectivity index (χ0) is 19.0. The van der Waals surface area contributed by atoms with Gasteiger partial charge in [-0.05, 0) is 13.8 Å². The van der Waals surface area contributed by atoms with E-state index in [0.29, 0.717) is 0 Å². The lowest BCUT2D eigenvalue weighted by atomic mass is 9.82. The molecule has 0 amide bonds. The quantitative estimate of drug-likeness (QED) is 0.646. The third kappa shape index (κ3) is 6.10. The molecule has 2 atom stereocenters. The molecule has 1 aromatic rings. The summed E-state index contributed by atoms with van der Waals surface area (Å²) in [7, 11) is 1.27. The van der Waals surface area contributed by atoms with Gasteiger partial charge in [0, 0.05) is 30.2 Å². The molecule has 148 valence electrons. The Morgan fingerprint density at radius 2 is 1.65 bits per heavy atom. The van der Waals surface area contributed by atoms with E-state index in [1.54, 1.807) is 13.8 Å². The molecule has 1 aromatic carbocycles. The van der Waals surface area contributed by atoms with E-state index in [9.17, 15) is 18.4 Å². The van der Waals surface area contributed by atoms with Crippen molar-refractivity contribution in [2.75, 3.05) is 26.9 Å². The van der Waals surface area contributed by atoms with Crippen LogP contribution >= 0.6 is 12.4 Å². The van der Waals surface area contributed by atoms with Gasteiger partial charge in [-0.3, -0.25) is 9.59 Å². The topological polar surface area (TPSA) is 87.9 Å². The van der Waals surface area contributed by atoms with Gasteiger partial charge in [-0.2, -0.15) is 0 Å². The van der Waals surface area contributed by atoms with Gasteiger partial charge in [-0.15, -0.1) is 12.4 Å². The summed E-state index contributed by atoms with van der Waals surface area (Å²) < 4.78 is 43.5. The lowest BCUT2D eigenvalue weighted by Gasteiger charge is -2.25. The van der Waals surface area contributed by atoms with Crippen LogP contribution in [0.1, 0.15) is 31.7 Å². The largest absolute Gasteiger partial charge is 0.497 e. The minimum absolute atomic E-state index is 0. The van der Waals surface area contributed by atoms with E-state index < -0.39 is 47.4 Å². The SMILES string of the molecule is CCOC(=O)CC(c1c(F)cc(OC)cc1F)C(CN)C(=O)OCC.Cl. The number of ether oxygens (including phenoxy) is 3. The van der Waals surface area contributed by atoms with Gasteiger partial charge in [0.15, 0.2) is 0 Å². The van der Waals surface area contributed by atoms with Gasteiger partial charge in [-0.25, -0.2) is 8.78 Å². The molecule has 0 bridgehead atoms. The second-order valence-corrected chi connectivity index (χ2v) is 5.21. The summed E-state index contributed by atoms with van der Waals surface area (Å²) >= 11 is 0. The van der Waals surface area contributed by atoms with Gasteiger partial charge >= 0.3 is 11.9 Å². The van der Waals surface area contributed by atoms with Crippen LogP contribution in [0.15, 0.2) is 12.1 Å². The van der Waals surface area contributed by atoms with Gasteiger partial charge in [-0.1, -0.05) is 0 Å². The first kappa shape index (κ1) is 24.1. The van der Waals surface area contributed by atoms with Crippen molar-refractivity contribution in [3.05, 3.63) is 29.3 Å². The Balaban J connectivity index is 0.00000625. The highest BCUT2D eigenvalue weighted by Gasteiger charge is 2.35. The molecule has 0 aromatic heterocycles. The van der Waals surface area contributed by atoms with Gasteiger partial charge in [0.2, 0.25) is 0 Å². The summed E-state index contributed by atoms with van der Waals surface area (Å²) in [5.74, 6) is -5.56. The van der Waals surface area contributed by atoms with E-state index in [1.165, 1.54) is 7.11 Å². The van der Waals surface area contributed by atoms with Crippen LogP contribution in [0.2, 0.25) is 0 Å². The monoisotopic (exact) mass is 395 g/mol. The highest BCUT2D eigenvalue weighted by Crippen LogP contribution is 2.35. The molecule has 2 N–H and O–H groups in total. The van der Waals surface area contributed by atoms with Crippen molar-refractivity contribution in [2.24, 2.45) is 11.7 Å². The van der Waals surface area contributed by atoms with Crippen molar-refractivity contribution >= 4 is 24.3 Å². The summed E-state index contributed by atoms with van der Waals surface area (Å²) in [4.78, 5) is 24.0. The van der Waals surface area contributed by atoms with Crippen LogP contribution in [-0.2, 0) is 19.1 Å². The van der Waals surface area contributed by atoms with Gasteiger partial charge < -0.3 is 19.9 Å². The summed E-state index contributed by atoms with van der Waals surface area (Å²) in [6.45, 7) is 3.14. The van der Waals surface area contributed by atoms with Gasteiger partial charge in [0.05, 0.1) is 32.7 Å². The van der Waals surface area contributed by atoms with Crippen LogP contribution in [-0.4, -0.2) is 38.8 Å². The molecule has 0 fully saturated rings. The second kappa shape index (κ2) is 11.6. The molecule has 6 nitrogen and oxygen atoms in total. The minimum atomic E-state index is -1.16. The van der Waals surface area contributed by atoms with Crippen LogP contribution < -0.4 is 10.5 Å². The Morgan fingerprint density at radius 1 is 1.12 bits per heavy atom. The molecule has 0 radical (unpaired) electrons. The maximum absolute atomic E-state index is 14.5. The average Bonchev–Trinajstić information content (AvgIpc) is 2.55. The van der Waals surface area contributed by atoms with Gasteiger partial charge in [0.25, 0.3) is 0 Å². The molecule has 0 aliphatic rings. The Labute approximate surface area is 157 Å². The number of carbonyl (C=O) groups is 2. The number of esters is 2. The number of hydrogen-bond donors (Lipinski definition) is 1. The Morgan fingerprint density at radius 3 is 2.08 bits per heavy atom. The molecule has 0 saturated carbocycles. The molecule has 0 saturated heterocycles. The van der Waals surface area contributed by atoms with Crippen LogP contribution in [0.4, 0.5) is 8.78 Å². The molecular formula is C17H24ClF2NO5. The molecule has 0 aliphatic heterocycles. The number of benzene rings is 1. The van der Waals surface area contributed by atoms with Crippen molar-refractivity contribution in [2.45, 2.75) is 26.2 Å². The first-order valence-electron chi connectivity index (χ1n) is 7.94. The number of rotatable bonds is 9. The fourth-order valence-corrected chi connectivity index (χ4v) is 2.55. The fourth-order valence-electron chi connectivity index (χ4n) is 2.55. The molecule has 1 rings (SSSR count). The molecule has 0 aliphatic carbocycles. The van der Waals surface area contributed by atoms with E-state index in [2.05, 4.69) is 0 Å². The third-order valence-corrected chi connectivity index (χ3v) is 3.68. The van der Waals surface area contributed by atoms with Crippen molar-refractivity contribution in [1.29, 1.82) is 0 Å². The highest BCUT2D eigenvalue weighted by atomic mass is 35.5. The molecule has 0 spiro atoms. The maximum atomic E-state index is 14.5. The average molecular weight is 396 g/mol. The molecule has 2 unspecified atom stereocenters. The number of nitrogens with two attached hydrogens (primary N) is 1. The second-order valence-electron chi connectivity index (χ2n) is 5.21. The molecule has 9 heteroatoms. The number of carbonyl (C=O) groups excluding carboxylic acids is 2. The zero-order valence-corrected chi connectivity index (χ0v) is 15.7. The molecule has 26 heavy (non-hydrogen) atoms. The minimum Gasteiger partial charge on any atom is -0.497 e. The van der Waals surface area contributed by atoms with Gasteiger partial charge in [0.1, 0.15) is 17.4 Å². The Hall–Kier alpha value is -1.93. The predicted molar refractivity (Wildman–Crippen MR) is 93.3 cm³/mol. The van der Waals surface area contributed by atoms with Crippen molar-refractivity contribution < 1.29 is 32.6 Å². The number of hydrogen-bond acceptors (Lipinski definition) is 6. The van der Waals surface area contributed by atoms with Crippen molar-refractivity contribution in [3.63, 3.8) is 0 Å². The predicted octanol–water partition coefficient (Wildman–Crippen LogP) is 2.57. The number of halogens is 3. The van der Waals surface area contributed by atoms with E-state index in [-0.39, 0.29) is 37.9 Å². The normalized spacial score (nSPS) is 12.5. The van der Waals surface area contributed by atoms with Crippen LogP contribution in [0.3, 0.4) is 0 Å². The first-order chi connectivity index (χ1) is 11.9. The lowest BCUT2D eigenvalue weighted by Crippen LogP contribution is -2.33. The fraction of sp³-hybridized carbons (Fsp3) is 0.529. The third-order valence-electron chi connectivity index (χ3n) is 3.68. The van der Waals surface area contributed by atoms with E-state index in [1.807, 2.05) is 0 Å². The maximum Gasteiger partial charge on any atom is 0.310 e. The van der Waals surface area contributed by atoms with Crippen LogP contribution in [0.5, 0.6) is 5.75 Å². The molecule has 0 heterocycles. The van der Waals surface area contributed by atoms with E-state index in [4.69, 9.17) is 19.9 Å². The Bertz CT molecular complexity index is 592. The van der Waals surface area contributed by atoms with Crippen molar-refractivity contribution in [3.8, 4) is 5.75 Å². The van der Waals surface area contributed by atoms with Crippen molar-refractivity contribution in [1.82, 2.24) is 0 Å². The Kier molecular flexibility index (Phi) is 10.8. The van der Waals surface area contributed by atoms with Crippen LogP contribution in [0, 0.1) is 17.6 Å². The summed E-state index contributed by atoms with van der Waals surface area (Å²) in [6, 6.07) is 1.96. The summed E-state index contributed by atoms with van der Waals surface area (Å²) in [6.07, 6.45) is -0.408. The zero-order valence-electron chi connectivity index (χ0n) is 14.9.